The molecule has 2 N–H and O–H groups in total. The molecule has 42 heavy (non-hydrogen) atoms. The van der Waals surface area contributed by atoms with Crippen molar-refractivity contribution >= 4 is 28.5 Å². The Morgan fingerprint density at radius 2 is 1.86 bits per heavy atom. The van der Waals surface area contributed by atoms with Crippen LogP contribution in [0.5, 0.6) is 5.75 Å². The average Bonchev–Trinajstić information content (AvgIpc) is 3.29. The Labute approximate surface area is 242 Å². The van der Waals surface area contributed by atoms with Gasteiger partial charge in [0.1, 0.15) is 11.4 Å². The van der Waals surface area contributed by atoms with Crippen molar-refractivity contribution in [3.8, 4) is 11.4 Å². The van der Waals surface area contributed by atoms with Gasteiger partial charge in [-0.2, -0.15) is 5.10 Å². The number of para-hydroxylation sites is 1. The van der Waals surface area contributed by atoms with E-state index in [9.17, 15) is 14.4 Å². The van der Waals surface area contributed by atoms with Crippen LogP contribution in [0, 0.1) is 12.8 Å². The van der Waals surface area contributed by atoms with Crippen molar-refractivity contribution in [1.82, 2.24) is 24.6 Å². The smallest absolute Gasteiger partial charge is 0.310 e. The molecule has 6 rings (SSSR count). The van der Waals surface area contributed by atoms with Gasteiger partial charge in [-0.15, -0.1) is 0 Å². The van der Waals surface area contributed by atoms with Gasteiger partial charge in [0.15, 0.2) is 6.61 Å². The summed E-state index contributed by atoms with van der Waals surface area (Å²) in [6.07, 6.45) is 2.88. The molecule has 11 heteroatoms. The normalized spacial score (nSPS) is 16.3. The summed E-state index contributed by atoms with van der Waals surface area (Å²) in [7, 11) is 0. The van der Waals surface area contributed by atoms with Crippen LogP contribution in [0.3, 0.4) is 0 Å². The lowest BCUT2D eigenvalue weighted by Gasteiger charge is -2.36. The van der Waals surface area contributed by atoms with Crippen LogP contribution in [0.1, 0.15) is 17.7 Å². The molecule has 0 atom stereocenters. The quantitative estimate of drug-likeness (QED) is 0.332. The summed E-state index contributed by atoms with van der Waals surface area (Å²) in [5.74, 6) is -1.11. The first-order valence-electron chi connectivity index (χ1n) is 14.2. The van der Waals surface area contributed by atoms with E-state index in [2.05, 4.69) is 14.8 Å². The fourth-order valence-corrected chi connectivity index (χ4v) is 5.70. The topological polar surface area (TPSA) is 124 Å². The number of ether oxygens (including phenoxy) is 1. The molecule has 2 saturated heterocycles. The van der Waals surface area contributed by atoms with Crippen molar-refractivity contribution in [2.45, 2.75) is 19.9 Å². The maximum absolute atomic E-state index is 12.8. The zero-order valence-corrected chi connectivity index (χ0v) is 23.5. The molecular formula is C31H34N6O5. The fraction of sp³-hybridized carbons (Fsp3) is 0.355. The molecule has 0 spiro atoms. The Bertz CT molecular complexity index is 1660. The number of H-pyrrole nitrogens is 1. The number of carbonyl (C=O) groups excluding carboxylic acids is 1. The van der Waals surface area contributed by atoms with Gasteiger partial charge < -0.3 is 24.6 Å². The Kier molecular flexibility index (Phi) is 7.66. The maximum atomic E-state index is 12.8. The van der Waals surface area contributed by atoms with Gasteiger partial charge in [-0.1, -0.05) is 18.2 Å². The van der Waals surface area contributed by atoms with E-state index in [0.717, 1.165) is 60.6 Å². The Morgan fingerprint density at radius 3 is 2.64 bits per heavy atom. The third-order valence-electron chi connectivity index (χ3n) is 8.01. The molecule has 11 nitrogen and oxygen atoms in total. The van der Waals surface area contributed by atoms with E-state index >= 15 is 0 Å². The number of aromatic amines is 1. The molecule has 2 aromatic heterocycles. The Morgan fingerprint density at radius 1 is 1.05 bits per heavy atom. The van der Waals surface area contributed by atoms with Crippen molar-refractivity contribution in [3.05, 3.63) is 82.4 Å². The van der Waals surface area contributed by atoms with Crippen molar-refractivity contribution in [2.24, 2.45) is 5.92 Å². The number of aryl methyl sites for hydroxylation is 1. The van der Waals surface area contributed by atoms with E-state index in [1.54, 1.807) is 6.07 Å². The van der Waals surface area contributed by atoms with Gasteiger partial charge in [-0.05, 0) is 49.2 Å². The van der Waals surface area contributed by atoms with Crippen LogP contribution in [0.2, 0.25) is 0 Å². The van der Waals surface area contributed by atoms with E-state index in [1.807, 2.05) is 60.3 Å². The number of hydrogen-bond acceptors (Lipinski definition) is 7. The number of nitrogens with one attached hydrogen (secondary N) is 1. The number of hydrogen-bond donors (Lipinski definition) is 2. The van der Waals surface area contributed by atoms with Gasteiger partial charge in [0.2, 0.25) is 5.56 Å². The molecule has 2 aromatic carbocycles. The summed E-state index contributed by atoms with van der Waals surface area (Å²) >= 11 is 0. The second-order valence-electron chi connectivity index (χ2n) is 11.0. The zero-order chi connectivity index (χ0) is 29.2. The molecule has 0 aliphatic carbocycles. The van der Waals surface area contributed by atoms with E-state index in [0.29, 0.717) is 17.8 Å². The van der Waals surface area contributed by atoms with E-state index in [4.69, 9.17) is 14.9 Å². The highest BCUT2D eigenvalue weighted by Gasteiger charge is 2.36. The lowest BCUT2D eigenvalue weighted by atomic mass is 10.0. The third kappa shape index (κ3) is 5.73. The van der Waals surface area contributed by atoms with E-state index in [1.165, 1.54) is 11.0 Å². The second-order valence-corrected chi connectivity index (χ2v) is 11.0. The monoisotopic (exact) mass is 570 g/mol. The van der Waals surface area contributed by atoms with Crippen LogP contribution in [0.15, 0.2) is 65.6 Å². The largest absolute Gasteiger partial charge is 0.481 e. The van der Waals surface area contributed by atoms with Gasteiger partial charge >= 0.3 is 5.97 Å². The van der Waals surface area contributed by atoms with Crippen LogP contribution in [0.25, 0.3) is 16.6 Å². The standard InChI is InChI=1S/C31H34N6O5/c1-21-16-22-8-9-26(38)32-28(22)29(30(21)42-20-27(39)36-17-23(18-36)31(40)41)35-12-5-11-34(14-15-35)19-24-10-13-37(33-24)25-6-3-2-4-7-25/h2-4,6-10,13,16,23H,5,11-12,14-15,17-20H2,1H3,(H,32,38)(H,40,41). The number of aromatic nitrogens is 3. The second kappa shape index (κ2) is 11.7. The summed E-state index contributed by atoms with van der Waals surface area (Å²) in [5.41, 5.74) is 4.12. The third-order valence-corrected chi connectivity index (χ3v) is 8.01. The molecule has 2 aliphatic heterocycles. The minimum atomic E-state index is -0.892. The zero-order valence-electron chi connectivity index (χ0n) is 23.5. The molecule has 0 unspecified atom stereocenters. The first-order chi connectivity index (χ1) is 20.4. The summed E-state index contributed by atoms with van der Waals surface area (Å²) in [6, 6.07) is 17.4. The van der Waals surface area contributed by atoms with Gasteiger partial charge in [0.05, 0.1) is 22.8 Å². The number of rotatable bonds is 8. The Hall–Kier alpha value is -4.64. The first-order valence-corrected chi connectivity index (χ1v) is 14.2. The van der Waals surface area contributed by atoms with Gasteiger partial charge in [0, 0.05) is 63.5 Å². The minimum Gasteiger partial charge on any atom is -0.481 e. The van der Waals surface area contributed by atoms with Gasteiger partial charge in [-0.25, -0.2) is 4.68 Å². The van der Waals surface area contributed by atoms with E-state index in [-0.39, 0.29) is 31.2 Å². The number of amides is 1. The molecule has 0 bridgehead atoms. The molecular weight excluding hydrogens is 536 g/mol. The van der Waals surface area contributed by atoms with Gasteiger partial charge in [-0.3, -0.25) is 19.3 Å². The lowest BCUT2D eigenvalue weighted by molar-refractivity contribution is -0.153. The molecule has 4 aromatic rings. The van der Waals surface area contributed by atoms with Crippen molar-refractivity contribution in [2.75, 3.05) is 50.8 Å². The molecule has 0 radical (unpaired) electrons. The number of carbonyl (C=O) groups is 2. The highest BCUT2D eigenvalue weighted by Crippen LogP contribution is 2.39. The SMILES string of the molecule is Cc1cc2ccc(=O)[nH]c2c(N2CCCN(Cc3ccn(-c4ccccc4)n3)CC2)c1OCC(=O)N1CC(C(=O)O)C1. The van der Waals surface area contributed by atoms with Crippen molar-refractivity contribution < 1.29 is 19.4 Å². The highest BCUT2D eigenvalue weighted by atomic mass is 16.5. The van der Waals surface area contributed by atoms with Crippen LogP contribution in [0.4, 0.5) is 5.69 Å². The summed E-state index contributed by atoms with van der Waals surface area (Å²) in [5, 5.41) is 14.8. The predicted molar refractivity (Wildman–Crippen MR) is 158 cm³/mol. The molecule has 0 saturated carbocycles. The van der Waals surface area contributed by atoms with Crippen molar-refractivity contribution in [3.63, 3.8) is 0 Å². The van der Waals surface area contributed by atoms with Crippen LogP contribution in [-0.2, 0) is 16.1 Å². The highest BCUT2D eigenvalue weighted by molar-refractivity contribution is 5.96. The number of carboxylic acid groups (broad SMARTS) is 1. The predicted octanol–water partition coefficient (Wildman–Crippen LogP) is 2.66. The molecule has 2 fully saturated rings. The lowest BCUT2D eigenvalue weighted by Crippen LogP contribution is -2.54. The van der Waals surface area contributed by atoms with Crippen LogP contribution < -0.4 is 15.2 Å². The average molecular weight is 571 g/mol. The summed E-state index contributed by atoms with van der Waals surface area (Å²) in [6.45, 7) is 5.98. The number of pyridine rings is 1. The van der Waals surface area contributed by atoms with Crippen LogP contribution >= 0.6 is 0 Å². The minimum absolute atomic E-state index is 0.194. The number of fused-ring (bicyclic) bond motifs is 1. The van der Waals surface area contributed by atoms with Crippen molar-refractivity contribution in [1.29, 1.82) is 0 Å². The number of aliphatic carboxylic acids is 1. The summed E-state index contributed by atoms with van der Waals surface area (Å²) < 4.78 is 8.05. The number of carboxylic acids is 1. The number of likely N-dealkylation sites (tertiary alicyclic amines) is 1. The maximum Gasteiger partial charge on any atom is 0.310 e. The Balaban J connectivity index is 1.20. The molecule has 2 aliphatic rings. The fourth-order valence-electron chi connectivity index (χ4n) is 5.70. The first kappa shape index (κ1) is 27.5. The van der Waals surface area contributed by atoms with E-state index < -0.39 is 11.9 Å². The molecule has 218 valence electrons. The summed E-state index contributed by atoms with van der Waals surface area (Å²) in [4.78, 5) is 45.4. The number of nitrogens with zero attached hydrogens (tertiary/aromatic N) is 5. The number of benzene rings is 2. The van der Waals surface area contributed by atoms with Crippen LogP contribution in [-0.4, -0.2) is 87.4 Å². The molecule has 1 amide bonds. The van der Waals surface area contributed by atoms with Gasteiger partial charge in [0.25, 0.3) is 5.91 Å². The number of anilines is 1. The molecule has 4 heterocycles.